The smallest absolute Gasteiger partial charge is 0.349 e. The fraction of sp³-hybridized carbons (Fsp3) is 0.158. The summed E-state index contributed by atoms with van der Waals surface area (Å²) in [7, 11) is 0. The third kappa shape index (κ3) is 3.21. The maximum Gasteiger partial charge on any atom is 0.349 e. The first-order valence-electron chi connectivity index (χ1n) is 7.56. The minimum absolute atomic E-state index is 0.0257. The van der Waals surface area contributed by atoms with Crippen LogP contribution in [0.25, 0.3) is 11.0 Å². The van der Waals surface area contributed by atoms with Gasteiger partial charge in [0, 0.05) is 5.39 Å². The Morgan fingerprint density at radius 2 is 1.79 bits per heavy atom. The molecule has 3 aromatic rings. The van der Waals surface area contributed by atoms with Crippen LogP contribution in [-0.2, 0) is 5.60 Å². The van der Waals surface area contributed by atoms with Crippen LogP contribution < -0.4 is 10.9 Å². The molecule has 1 heterocycles. The Morgan fingerprint density at radius 1 is 1.12 bits per heavy atom. The predicted molar refractivity (Wildman–Crippen MR) is 90.8 cm³/mol. The van der Waals surface area contributed by atoms with Crippen molar-refractivity contribution < 1.29 is 14.3 Å². The molecule has 2 aromatic carbocycles. The van der Waals surface area contributed by atoms with Gasteiger partial charge in [0.1, 0.15) is 16.7 Å². The average Bonchev–Trinajstić information content (AvgIpc) is 2.60. The number of carbonyl (C=O) groups excluding carboxylic acids is 1. The van der Waals surface area contributed by atoms with Gasteiger partial charge >= 0.3 is 5.63 Å². The molecule has 3 rings (SSSR count). The highest BCUT2D eigenvalue weighted by Gasteiger charge is 2.24. The average molecular weight is 323 g/mol. The summed E-state index contributed by atoms with van der Waals surface area (Å²) in [5, 5.41) is 13.8. The summed E-state index contributed by atoms with van der Waals surface area (Å²) in [6.07, 6.45) is 0. The van der Waals surface area contributed by atoms with Crippen LogP contribution in [0.15, 0.2) is 69.9 Å². The number of rotatable bonds is 4. The minimum Gasteiger partial charge on any atom is -0.422 e. The molecular formula is C19H17NO4. The van der Waals surface area contributed by atoms with Crippen molar-refractivity contribution in [3.63, 3.8) is 0 Å². The number of amides is 1. The van der Waals surface area contributed by atoms with Gasteiger partial charge in [-0.15, -0.1) is 0 Å². The lowest BCUT2D eigenvalue weighted by atomic mass is 9.96. The Kier molecular flexibility index (Phi) is 4.18. The Balaban J connectivity index is 1.80. The van der Waals surface area contributed by atoms with Crippen LogP contribution in [0.1, 0.15) is 22.8 Å². The number of benzene rings is 2. The van der Waals surface area contributed by atoms with Crippen LogP contribution >= 0.6 is 0 Å². The monoisotopic (exact) mass is 323 g/mol. The molecule has 1 unspecified atom stereocenters. The summed E-state index contributed by atoms with van der Waals surface area (Å²) in [6.45, 7) is 1.58. The first kappa shape index (κ1) is 16.0. The van der Waals surface area contributed by atoms with Crippen LogP contribution in [0.3, 0.4) is 0 Å². The molecular weight excluding hydrogens is 306 g/mol. The summed E-state index contributed by atoms with van der Waals surface area (Å²) in [5.41, 5.74) is -0.928. The first-order chi connectivity index (χ1) is 11.5. The molecule has 122 valence electrons. The van der Waals surface area contributed by atoms with Gasteiger partial charge in [0.15, 0.2) is 0 Å². The summed E-state index contributed by atoms with van der Waals surface area (Å²) < 4.78 is 5.15. The van der Waals surface area contributed by atoms with Crippen molar-refractivity contribution in [1.82, 2.24) is 5.32 Å². The molecule has 1 aromatic heterocycles. The third-order valence-electron chi connectivity index (χ3n) is 3.87. The Labute approximate surface area is 138 Å². The van der Waals surface area contributed by atoms with Gasteiger partial charge < -0.3 is 14.8 Å². The Bertz CT molecular complexity index is 929. The molecule has 1 amide bonds. The Morgan fingerprint density at radius 3 is 2.54 bits per heavy atom. The summed E-state index contributed by atoms with van der Waals surface area (Å²) in [4.78, 5) is 24.3. The van der Waals surface area contributed by atoms with E-state index in [0.717, 1.165) is 0 Å². The standard InChI is InChI=1S/C19H17NO4/c1-19(23,14-8-3-2-4-9-14)12-20-17(21)15-11-13-7-5-6-10-16(13)24-18(15)22/h2-11,23H,12H2,1H3,(H,20,21). The van der Waals surface area contributed by atoms with Crippen molar-refractivity contribution in [2.75, 3.05) is 6.54 Å². The van der Waals surface area contributed by atoms with Gasteiger partial charge in [-0.3, -0.25) is 4.79 Å². The fourth-order valence-corrected chi connectivity index (χ4v) is 2.47. The van der Waals surface area contributed by atoms with Crippen LogP contribution in [-0.4, -0.2) is 17.6 Å². The summed E-state index contributed by atoms with van der Waals surface area (Å²) >= 11 is 0. The first-order valence-corrected chi connectivity index (χ1v) is 7.56. The van der Waals surface area contributed by atoms with Gasteiger partial charge in [-0.2, -0.15) is 0 Å². The number of aliphatic hydroxyl groups is 1. The molecule has 0 radical (unpaired) electrons. The van der Waals surface area contributed by atoms with Crippen molar-refractivity contribution in [1.29, 1.82) is 0 Å². The fourth-order valence-electron chi connectivity index (χ4n) is 2.47. The van der Waals surface area contributed by atoms with E-state index in [-0.39, 0.29) is 12.1 Å². The zero-order valence-corrected chi connectivity index (χ0v) is 13.2. The van der Waals surface area contributed by atoms with E-state index in [1.807, 2.05) is 18.2 Å². The van der Waals surface area contributed by atoms with E-state index < -0.39 is 17.1 Å². The SMILES string of the molecule is CC(O)(CNC(=O)c1cc2ccccc2oc1=O)c1ccccc1. The van der Waals surface area contributed by atoms with Crippen LogP contribution in [0.4, 0.5) is 0 Å². The van der Waals surface area contributed by atoms with E-state index in [9.17, 15) is 14.7 Å². The summed E-state index contributed by atoms with van der Waals surface area (Å²) in [5.74, 6) is -0.578. The highest BCUT2D eigenvalue weighted by atomic mass is 16.4. The van der Waals surface area contributed by atoms with Gasteiger partial charge in [-0.25, -0.2) is 4.79 Å². The van der Waals surface area contributed by atoms with Crippen LogP contribution in [0.5, 0.6) is 0 Å². The lowest BCUT2D eigenvalue weighted by molar-refractivity contribution is 0.0525. The van der Waals surface area contributed by atoms with E-state index in [1.54, 1.807) is 43.3 Å². The maximum atomic E-state index is 12.3. The molecule has 0 spiro atoms. The maximum absolute atomic E-state index is 12.3. The second-order valence-corrected chi connectivity index (χ2v) is 5.81. The molecule has 2 N–H and O–H groups in total. The minimum atomic E-state index is -1.24. The third-order valence-corrected chi connectivity index (χ3v) is 3.87. The van der Waals surface area contributed by atoms with Gasteiger partial charge in [0.25, 0.3) is 5.91 Å². The van der Waals surface area contributed by atoms with E-state index in [0.29, 0.717) is 16.5 Å². The lowest BCUT2D eigenvalue weighted by Gasteiger charge is -2.24. The molecule has 0 saturated heterocycles. The molecule has 5 heteroatoms. The molecule has 1 atom stereocenters. The van der Waals surface area contributed by atoms with Crippen molar-refractivity contribution in [2.24, 2.45) is 0 Å². The zero-order chi connectivity index (χ0) is 17.2. The molecule has 5 nitrogen and oxygen atoms in total. The van der Waals surface area contributed by atoms with Crippen molar-refractivity contribution in [2.45, 2.75) is 12.5 Å². The zero-order valence-electron chi connectivity index (χ0n) is 13.2. The number of carbonyl (C=O) groups is 1. The van der Waals surface area contributed by atoms with Gasteiger partial charge in [-0.1, -0.05) is 48.5 Å². The largest absolute Gasteiger partial charge is 0.422 e. The molecule has 0 aliphatic rings. The van der Waals surface area contributed by atoms with E-state index in [1.165, 1.54) is 6.07 Å². The van der Waals surface area contributed by atoms with Crippen LogP contribution in [0.2, 0.25) is 0 Å². The molecule has 0 fully saturated rings. The van der Waals surface area contributed by atoms with E-state index in [2.05, 4.69) is 5.32 Å². The van der Waals surface area contributed by atoms with Gasteiger partial charge in [0.2, 0.25) is 0 Å². The number of nitrogens with one attached hydrogen (secondary N) is 1. The second-order valence-electron chi connectivity index (χ2n) is 5.81. The molecule has 0 aliphatic carbocycles. The second kappa shape index (κ2) is 6.29. The molecule has 0 saturated carbocycles. The van der Waals surface area contributed by atoms with Crippen molar-refractivity contribution in [3.05, 3.63) is 82.2 Å². The highest BCUT2D eigenvalue weighted by molar-refractivity contribution is 5.96. The van der Waals surface area contributed by atoms with Crippen molar-refractivity contribution >= 4 is 16.9 Å². The number of para-hydroxylation sites is 1. The number of fused-ring (bicyclic) bond motifs is 1. The normalized spacial score (nSPS) is 13.4. The topological polar surface area (TPSA) is 79.5 Å². The van der Waals surface area contributed by atoms with E-state index >= 15 is 0 Å². The van der Waals surface area contributed by atoms with Crippen LogP contribution in [0, 0.1) is 0 Å². The number of hydrogen-bond acceptors (Lipinski definition) is 4. The highest BCUT2D eigenvalue weighted by Crippen LogP contribution is 2.19. The van der Waals surface area contributed by atoms with E-state index in [4.69, 9.17) is 4.42 Å². The summed E-state index contributed by atoms with van der Waals surface area (Å²) in [6, 6.07) is 17.5. The van der Waals surface area contributed by atoms with Gasteiger partial charge in [0.05, 0.1) is 6.54 Å². The Hall–Kier alpha value is -2.92. The number of hydrogen-bond donors (Lipinski definition) is 2. The quantitative estimate of drug-likeness (QED) is 0.723. The lowest BCUT2D eigenvalue weighted by Crippen LogP contribution is -2.39. The molecule has 24 heavy (non-hydrogen) atoms. The molecule has 0 bridgehead atoms. The van der Waals surface area contributed by atoms with Gasteiger partial charge in [-0.05, 0) is 24.6 Å². The molecule has 0 aliphatic heterocycles. The van der Waals surface area contributed by atoms with Crippen molar-refractivity contribution in [3.8, 4) is 0 Å². The predicted octanol–water partition coefficient (Wildman–Crippen LogP) is 2.43.